The fourth-order valence-electron chi connectivity index (χ4n) is 6.01. The fraction of sp³-hybridized carbons (Fsp3) is 0.250. The van der Waals surface area contributed by atoms with E-state index in [2.05, 4.69) is 105 Å². The third-order valence-electron chi connectivity index (χ3n) is 7.65. The maximum Gasteiger partial charge on any atom is -1.00 e. The summed E-state index contributed by atoms with van der Waals surface area (Å²) in [6, 6.07) is 23.2. The zero-order chi connectivity index (χ0) is 22.9. The van der Waals surface area contributed by atoms with Crippen molar-refractivity contribution in [3.8, 4) is 11.1 Å². The number of allylic oxidation sites excluding steroid dienone is 4. The van der Waals surface area contributed by atoms with Gasteiger partial charge in [0.05, 0.1) is 0 Å². The number of benzene rings is 4. The molecule has 0 radical (unpaired) electrons. The minimum atomic E-state index is -0.595. The number of hydrogen-bond donors (Lipinski definition) is 0. The first-order chi connectivity index (χ1) is 15.9. The molecule has 0 bridgehead atoms. The van der Waals surface area contributed by atoms with E-state index in [1.165, 1.54) is 49.6 Å². The van der Waals surface area contributed by atoms with Crippen LogP contribution in [0, 0.1) is 5.41 Å². The van der Waals surface area contributed by atoms with E-state index in [1.54, 1.807) is 14.2 Å². The number of fused-ring (bicyclic) bond motifs is 8. The molecule has 3 heteroatoms. The summed E-state index contributed by atoms with van der Waals surface area (Å²) in [7, 11) is 0. The molecule has 0 spiro atoms. The third kappa shape index (κ3) is 4.09. The zero-order valence-electron chi connectivity index (χ0n) is 21.0. The first-order valence-electron chi connectivity index (χ1n) is 12.0. The van der Waals surface area contributed by atoms with Gasteiger partial charge in [-0.1, -0.05) is 0 Å². The van der Waals surface area contributed by atoms with Crippen LogP contribution in [0.15, 0.2) is 84.0 Å². The Balaban J connectivity index is 0.00000144. The summed E-state index contributed by atoms with van der Waals surface area (Å²) in [5.41, 5.74) is 10.5. The van der Waals surface area contributed by atoms with E-state index in [0.717, 1.165) is 6.42 Å². The number of halogens is 2. The van der Waals surface area contributed by atoms with Crippen LogP contribution in [0.3, 0.4) is 0 Å². The summed E-state index contributed by atoms with van der Waals surface area (Å²) in [6.07, 6.45) is 6.02. The van der Waals surface area contributed by atoms with E-state index in [-0.39, 0.29) is 30.2 Å². The predicted molar refractivity (Wildman–Crippen MR) is 139 cm³/mol. The van der Waals surface area contributed by atoms with Gasteiger partial charge in [0.25, 0.3) is 0 Å². The van der Waals surface area contributed by atoms with Crippen molar-refractivity contribution in [2.24, 2.45) is 5.41 Å². The molecular formula is C32H30Cl2Zr. The standard InChI is InChI=1S/C31H27.CH3.2ClH.Zr/c1-19-16-21(31(2,3)4)18-27(19)25-14-9-15-26-29-22-11-6-5-10-20(22)17-28(29)23-12-7-8-13-24(23)30(25)26;;;;/h5-11,13-16,18,27H,17H2,1-4H3;1H3;2*1H;/q;;;;+2/p-2. The molecule has 0 N–H and O–H groups in total. The van der Waals surface area contributed by atoms with Crippen LogP contribution in [0.2, 0.25) is 4.63 Å². The average molecular weight is 577 g/mol. The molecule has 2 aliphatic carbocycles. The van der Waals surface area contributed by atoms with Crippen molar-refractivity contribution in [2.75, 3.05) is 0 Å². The molecular weight excluding hydrogens is 546 g/mol. The van der Waals surface area contributed by atoms with Crippen molar-refractivity contribution >= 4 is 24.8 Å². The summed E-state index contributed by atoms with van der Waals surface area (Å²) in [6.45, 7) is 9.29. The van der Waals surface area contributed by atoms with Crippen molar-refractivity contribution in [2.45, 2.75) is 44.7 Å². The molecule has 4 aromatic rings. The van der Waals surface area contributed by atoms with Gasteiger partial charge in [-0.3, -0.25) is 0 Å². The van der Waals surface area contributed by atoms with Crippen LogP contribution in [-0.2, 0) is 29.7 Å². The van der Waals surface area contributed by atoms with Crippen LogP contribution in [0.4, 0.5) is 0 Å². The molecule has 0 aliphatic heterocycles. The van der Waals surface area contributed by atoms with Gasteiger partial charge >= 0.3 is 210 Å². The SMILES string of the molecule is [CH3][Zr+2][c]1cccc2c1c1c(c3cccc(C4C=C(C(C)(C)C)C=C4C)c32)-c2ccccc2C1.[Cl-].[Cl-]. The summed E-state index contributed by atoms with van der Waals surface area (Å²) in [5, 5.41) is 5.95. The van der Waals surface area contributed by atoms with Gasteiger partial charge in [-0.25, -0.2) is 0 Å². The van der Waals surface area contributed by atoms with E-state index in [4.69, 9.17) is 0 Å². The molecule has 0 amide bonds. The molecule has 4 aromatic carbocycles. The molecule has 176 valence electrons. The van der Waals surface area contributed by atoms with Crippen molar-refractivity contribution < 1.29 is 48.0 Å². The maximum atomic E-state index is 2.53. The average Bonchev–Trinajstić information content (AvgIpc) is 3.39. The second kappa shape index (κ2) is 9.66. The Bertz CT molecular complexity index is 1520. The van der Waals surface area contributed by atoms with E-state index < -0.39 is 23.2 Å². The van der Waals surface area contributed by atoms with Gasteiger partial charge in [-0.2, -0.15) is 0 Å². The molecule has 0 saturated carbocycles. The second-order valence-electron chi connectivity index (χ2n) is 10.7. The Hall–Kier alpha value is -1.66. The second-order valence-corrected chi connectivity index (χ2v) is 13.2. The van der Waals surface area contributed by atoms with Crippen molar-refractivity contribution in [1.82, 2.24) is 0 Å². The summed E-state index contributed by atoms with van der Waals surface area (Å²) in [5.74, 6) is 0.353. The maximum absolute atomic E-state index is 2.53. The number of hydrogen-bond acceptors (Lipinski definition) is 0. The summed E-state index contributed by atoms with van der Waals surface area (Å²) < 4.78 is 4.10. The third-order valence-corrected chi connectivity index (χ3v) is 10.00. The zero-order valence-corrected chi connectivity index (χ0v) is 24.9. The van der Waals surface area contributed by atoms with Crippen molar-refractivity contribution in [1.29, 1.82) is 0 Å². The normalized spacial score (nSPS) is 16.1. The molecule has 0 heterocycles. The molecule has 0 saturated heterocycles. The quantitative estimate of drug-likeness (QED) is 0.283. The van der Waals surface area contributed by atoms with Crippen molar-refractivity contribution in [3.63, 3.8) is 0 Å². The van der Waals surface area contributed by atoms with E-state index in [1.807, 2.05) is 0 Å². The summed E-state index contributed by atoms with van der Waals surface area (Å²) >= 11 is -0.595. The molecule has 1 atom stereocenters. The Morgan fingerprint density at radius 3 is 2.26 bits per heavy atom. The van der Waals surface area contributed by atoms with Crippen LogP contribution in [0.5, 0.6) is 0 Å². The van der Waals surface area contributed by atoms with Gasteiger partial charge in [-0.05, 0) is 0 Å². The molecule has 35 heavy (non-hydrogen) atoms. The Labute approximate surface area is 233 Å². The van der Waals surface area contributed by atoms with Crippen LogP contribution < -0.4 is 28.1 Å². The topological polar surface area (TPSA) is 0 Å². The molecule has 1 unspecified atom stereocenters. The van der Waals surface area contributed by atoms with Crippen LogP contribution in [-0.4, -0.2) is 0 Å². The largest absolute Gasteiger partial charge is 1.00 e. The van der Waals surface area contributed by atoms with Gasteiger partial charge in [0.1, 0.15) is 0 Å². The Kier molecular flexibility index (Phi) is 7.29. The molecule has 0 nitrogen and oxygen atoms in total. The van der Waals surface area contributed by atoms with Gasteiger partial charge in [0.2, 0.25) is 0 Å². The smallest absolute Gasteiger partial charge is 1.00 e. The van der Waals surface area contributed by atoms with E-state index in [0.29, 0.717) is 5.92 Å². The van der Waals surface area contributed by atoms with E-state index in [9.17, 15) is 0 Å². The van der Waals surface area contributed by atoms with E-state index >= 15 is 0 Å². The predicted octanol–water partition coefficient (Wildman–Crippen LogP) is 2.34. The Morgan fingerprint density at radius 2 is 1.54 bits per heavy atom. The minimum absolute atomic E-state index is 0. The van der Waals surface area contributed by atoms with Crippen LogP contribution in [0.1, 0.15) is 50.3 Å². The molecule has 2 aliphatic rings. The summed E-state index contributed by atoms with van der Waals surface area (Å²) in [4.78, 5) is 0. The van der Waals surface area contributed by atoms with Crippen LogP contribution >= 0.6 is 0 Å². The molecule has 0 aromatic heterocycles. The van der Waals surface area contributed by atoms with Gasteiger partial charge in [-0.15, -0.1) is 0 Å². The van der Waals surface area contributed by atoms with Gasteiger partial charge < -0.3 is 24.8 Å². The first-order valence-corrected chi connectivity index (χ1v) is 15.7. The van der Waals surface area contributed by atoms with Crippen molar-refractivity contribution in [3.05, 3.63) is 101 Å². The number of rotatable bonds is 2. The first kappa shape index (κ1) is 26.4. The monoisotopic (exact) mass is 574 g/mol. The van der Waals surface area contributed by atoms with Gasteiger partial charge in [0.15, 0.2) is 0 Å². The molecule has 0 fully saturated rings. The van der Waals surface area contributed by atoms with Gasteiger partial charge in [0, 0.05) is 0 Å². The fourth-order valence-corrected chi connectivity index (χ4v) is 7.97. The Morgan fingerprint density at radius 1 is 0.829 bits per heavy atom. The minimum Gasteiger partial charge on any atom is -1.00 e. The van der Waals surface area contributed by atoms with Crippen LogP contribution in [0.25, 0.3) is 32.7 Å². The molecule has 6 rings (SSSR count).